The lowest BCUT2D eigenvalue weighted by Crippen LogP contribution is -2.42. The first-order valence-corrected chi connectivity index (χ1v) is 11.5. The van der Waals surface area contributed by atoms with Crippen LogP contribution in [0.15, 0.2) is 24.3 Å². The second-order valence-corrected chi connectivity index (χ2v) is 8.78. The Balaban J connectivity index is 1.31. The molecule has 0 aromatic heterocycles. The first-order valence-electron chi connectivity index (χ1n) is 11.5. The summed E-state index contributed by atoms with van der Waals surface area (Å²) in [6, 6.07) is 9.52. The average Bonchev–Trinajstić information content (AvgIpc) is 2.72. The van der Waals surface area contributed by atoms with E-state index in [1.54, 1.807) is 0 Å². The first kappa shape index (κ1) is 21.3. The van der Waals surface area contributed by atoms with Crippen LogP contribution in [0.3, 0.4) is 0 Å². The highest BCUT2D eigenvalue weighted by molar-refractivity contribution is 5.78. The summed E-state index contributed by atoms with van der Waals surface area (Å²) in [4.78, 5) is 17.7. The van der Waals surface area contributed by atoms with Crippen molar-refractivity contribution in [3.8, 4) is 0 Å². The lowest BCUT2D eigenvalue weighted by molar-refractivity contribution is -0.126. The zero-order valence-electron chi connectivity index (χ0n) is 18.0. The number of aryl methyl sites for hydroxylation is 1. The Kier molecular flexibility index (Phi) is 8.35. The van der Waals surface area contributed by atoms with E-state index in [9.17, 15) is 4.79 Å². The second kappa shape index (κ2) is 11.0. The first-order chi connectivity index (χ1) is 13.7. The summed E-state index contributed by atoms with van der Waals surface area (Å²) in [5, 5.41) is 3.21. The molecule has 156 valence electrons. The molecule has 1 amide bonds. The van der Waals surface area contributed by atoms with Crippen LogP contribution < -0.4 is 5.32 Å². The van der Waals surface area contributed by atoms with Gasteiger partial charge in [0.05, 0.1) is 0 Å². The highest BCUT2D eigenvalue weighted by Crippen LogP contribution is 2.21. The van der Waals surface area contributed by atoms with Crippen LogP contribution in [0, 0.1) is 12.8 Å². The molecule has 1 N–H and O–H groups in total. The van der Waals surface area contributed by atoms with Crippen LogP contribution in [0.2, 0.25) is 0 Å². The summed E-state index contributed by atoms with van der Waals surface area (Å²) < 4.78 is 0. The summed E-state index contributed by atoms with van der Waals surface area (Å²) in [6.45, 7) is 10.7. The number of benzene rings is 1. The molecule has 1 aromatic carbocycles. The monoisotopic (exact) mass is 385 g/mol. The molecule has 3 rings (SSSR count). The molecule has 2 aliphatic rings. The third-order valence-electron chi connectivity index (χ3n) is 6.59. The third kappa shape index (κ3) is 6.31. The van der Waals surface area contributed by atoms with Crippen molar-refractivity contribution in [1.82, 2.24) is 15.1 Å². The number of carbonyl (C=O) groups is 1. The van der Waals surface area contributed by atoms with Gasteiger partial charge >= 0.3 is 0 Å². The molecule has 1 aromatic rings. The Morgan fingerprint density at radius 2 is 1.96 bits per heavy atom. The Hall–Kier alpha value is -1.39. The van der Waals surface area contributed by atoms with E-state index in [2.05, 4.69) is 53.2 Å². The van der Waals surface area contributed by atoms with Gasteiger partial charge in [-0.2, -0.15) is 0 Å². The smallest absolute Gasteiger partial charge is 0.223 e. The molecule has 0 bridgehead atoms. The third-order valence-corrected chi connectivity index (χ3v) is 6.59. The molecule has 0 radical (unpaired) electrons. The largest absolute Gasteiger partial charge is 0.356 e. The van der Waals surface area contributed by atoms with Gasteiger partial charge in [-0.05, 0) is 70.6 Å². The molecule has 2 saturated heterocycles. The van der Waals surface area contributed by atoms with Gasteiger partial charge in [0, 0.05) is 31.6 Å². The van der Waals surface area contributed by atoms with Crippen molar-refractivity contribution in [3.05, 3.63) is 35.4 Å². The fourth-order valence-electron chi connectivity index (χ4n) is 4.88. The van der Waals surface area contributed by atoms with Crippen molar-refractivity contribution < 1.29 is 4.79 Å². The van der Waals surface area contributed by atoms with Crippen LogP contribution in [0.25, 0.3) is 0 Å². The van der Waals surface area contributed by atoms with Gasteiger partial charge in [-0.1, -0.05) is 43.2 Å². The van der Waals surface area contributed by atoms with Crippen molar-refractivity contribution >= 4 is 5.91 Å². The Morgan fingerprint density at radius 3 is 2.71 bits per heavy atom. The molecule has 2 fully saturated rings. The number of rotatable bonds is 8. The molecule has 0 saturated carbocycles. The number of hydrogen-bond donors (Lipinski definition) is 1. The molecule has 4 nitrogen and oxygen atoms in total. The van der Waals surface area contributed by atoms with Gasteiger partial charge in [0.25, 0.3) is 0 Å². The van der Waals surface area contributed by atoms with Crippen LogP contribution >= 0.6 is 0 Å². The minimum absolute atomic E-state index is 0.201. The fraction of sp³-hybridized carbons (Fsp3) is 0.708. The topological polar surface area (TPSA) is 35.6 Å². The van der Waals surface area contributed by atoms with Crippen LogP contribution in [0.4, 0.5) is 0 Å². The number of hydrogen-bond acceptors (Lipinski definition) is 3. The summed E-state index contributed by atoms with van der Waals surface area (Å²) in [7, 11) is 0. The molecular weight excluding hydrogens is 346 g/mol. The minimum atomic E-state index is 0.201. The molecule has 0 aliphatic carbocycles. The van der Waals surface area contributed by atoms with Crippen molar-refractivity contribution in [1.29, 1.82) is 0 Å². The van der Waals surface area contributed by atoms with E-state index in [-0.39, 0.29) is 11.8 Å². The van der Waals surface area contributed by atoms with Gasteiger partial charge in [-0.3, -0.25) is 9.69 Å². The lowest BCUT2D eigenvalue weighted by atomic mass is 9.95. The summed E-state index contributed by atoms with van der Waals surface area (Å²) in [6.07, 6.45) is 8.38. The van der Waals surface area contributed by atoms with Gasteiger partial charge in [0.15, 0.2) is 0 Å². The quantitative estimate of drug-likeness (QED) is 0.688. The number of carbonyl (C=O) groups excluding carboxylic acids is 1. The normalized spacial score (nSPS) is 22.3. The van der Waals surface area contributed by atoms with Crippen LogP contribution in [-0.2, 0) is 11.3 Å². The van der Waals surface area contributed by atoms with Gasteiger partial charge in [0.1, 0.15) is 0 Å². The maximum Gasteiger partial charge on any atom is 0.223 e. The summed E-state index contributed by atoms with van der Waals surface area (Å²) in [5.41, 5.74) is 2.70. The molecule has 0 spiro atoms. The highest BCUT2D eigenvalue weighted by Gasteiger charge is 2.25. The number of likely N-dealkylation sites (tertiary alicyclic amines) is 2. The number of piperidine rings is 2. The van der Waals surface area contributed by atoms with E-state index in [0.29, 0.717) is 0 Å². The van der Waals surface area contributed by atoms with E-state index < -0.39 is 0 Å². The van der Waals surface area contributed by atoms with Gasteiger partial charge in [-0.15, -0.1) is 0 Å². The second-order valence-electron chi connectivity index (χ2n) is 8.78. The van der Waals surface area contributed by atoms with Gasteiger partial charge in [0.2, 0.25) is 5.91 Å². The highest BCUT2D eigenvalue weighted by atomic mass is 16.1. The van der Waals surface area contributed by atoms with Crippen molar-refractivity contribution in [3.63, 3.8) is 0 Å². The Labute approximate surface area is 171 Å². The predicted molar refractivity (Wildman–Crippen MR) is 116 cm³/mol. The Morgan fingerprint density at radius 1 is 1.14 bits per heavy atom. The fourth-order valence-corrected chi connectivity index (χ4v) is 4.88. The molecule has 2 heterocycles. The molecule has 2 aliphatic heterocycles. The predicted octanol–water partition coefficient (Wildman–Crippen LogP) is 3.98. The maximum absolute atomic E-state index is 12.5. The lowest BCUT2D eigenvalue weighted by Gasteiger charge is -2.35. The molecule has 28 heavy (non-hydrogen) atoms. The zero-order chi connectivity index (χ0) is 19.8. The number of nitrogens with zero attached hydrogens (tertiary/aromatic N) is 2. The Bertz CT molecular complexity index is 610. The molecular formula is C24H39N3O. The number of nitrogens with one attached hydrogen (secondary N) is 1. The summed E-state index contributed by atoms with van der Waals surface area (Å²) >= 11 is 0. The molecule has 1 atom stereocenters. The standard InChI is InChI=1S/C24H39N3O/c1-3-23-10-4-5-14-27(23)15-7-13-25-24(28)22-11-16-26(17-12-22)19-21-9-6-8-20(2)18-21/h6,8-9,18,22-23H,3-5,7,10-17,19H2,1-2H3,(H,25,28)/t23-/m0/s1. The van der Waals surface area contributed by atoms with Crippen LogP contribution in [0.1, 0.15) is 63.0 Å². The minimum Gasteiger partial charge on any atom is -0.356 e. The average molecular weight is 386 g/mol. The van der Waals surface area contributed by atoms with E-state index in [1.165, 1.54) is 43.4 Å². The van der Waals surface area contributed by atoms with Crippen molar-refractivity contribution in [2.75, 3.05) is 32.7 Å². The van der Waals surface area contributed by atoms with Crippen molar-refractivity contribution in [2.24, 2.45) is 5.92 Å². The SMILES string of the molecule is CC[C@H]1CCCCN1CCCNC(=O)C1CCN(Cc2cccc(C)c2)CC1. The van der Waals surface area contributed by atoms with Gasteiger partial charge in [-0.25, -0.2) is 0 Å². The maximum atomic E-state index is 12.5. The van der Waals surface area contributed by atoms with E-state index in [1.807, 2.05) is 0 Å². The van der Waals surface area contributed by atoms with E-state index in [0.717, 1.165) is 58.0 Å². The molecule has 0 unspecified atom stereocenters. The number of amides is 1. The zero-order valence-corrected chi connectivity index (χ0v) is 18.0. The van der Waals surface area contributed by atoms with Crippen LogP contribution in [0.5, 0.6) is 0 Å². The van der Waals surface area contributed by atoms with Crippen molar-refractivity contribution in [2.45, 2.75) is 71.4 Å². The molecule has 4 heteroatoms. The van der Waals surface area contributed by atoms with E-state index >= 15 is 0 Å². The van der Waals surface area contributed by atoms with Gasteiger partial charge < -0.3 is 10.2 Å². The van der Waals surface area contributed by atoms with Crippen LogP contribution in [-0.4, -0.2) is 54.5 Å². The van der Waals surface area contributed by atoms with E-state index in [4.69, 9.17) is 0 Å². The summed E-state index contributed by atoms with van der Waals surface area (Å²) in [5.74, 6) is 0.480.